The summed E-state index contributed by atoms with van der Waals surface area (Å²) in [5, 5.41) is 0.877. The first-order valence-corrected chi connectivity index (χ1v) is 5.75. The third kappa shape index (κ3) is 1.53. The molecule has 6 heteroatoms. The Balaban J connectivity index is 2.62. The zero-order valence-corrected chi connectivity index (χ0v) is 10.5. The molecule has 2 aliphatic rings. The van der Waals surface area contributed by atoms with Crippen LogP contribution in [0, 0.1) is 0 Å². The Hall–Kier alpha value is -2.63. The van der Waals surface area contributed by atoms with Gasteiger partial charge in [-0.2, -0.15) is 4.98 Å². The summed E-state index contributed by atoms with van der Waals surface area (Å²) in [5.74, 6) is 0.367. The third-order valence-corrected chi connectivity index (χ3v) is 3.30. The lowest BCUT2D eigenvalue weighted by Gasteiger charge is -2.14. The average Bonchev–Trinajstić information content (AvgIpc) is 2.39. The van der Waals surface area contributed by atoms with Gasteiger partial charge in [0.25, 0.3) is 5.56 Å². The normalized spacial score (nSPS) is 11.3. The number of nitrogen functional groups attached to an aromatic ring is 1. The lowest BCUT2D eigenvalue weighted by atomic mass is 10.1. The maximum Gasteiger partial charge on any atom is 0.352 e. The number of fused-ring (bicyclic) bond motifs is 2. The van der Waals surface area contributed by atoms with Crippen LogP contribution >= 0.6 is 0 Å². The number of aromatic nitrogens is 3. The molecule has 0 amide bonds. The van der Waals surface area contributed by atoms with Gasteiger partial charge in [-0.05, 0) is 23.6 Å². The van der Waals surface area contributed by atoms with Gasteiger partial charge in [0.05, 0.1) is 11.1 Å². The van der Waals surface area contributed by atoms with E-state index in [1.54, 1.807) is 29.8 Å². The van der Waals surface area contributed by atoms with Crippen molar-refractivity contribution in [3.8, 4) is 11.4 Å². The van der Waals surface area contributed by atoms with E-state index in [1.807, 2.05) is 6.07 Å². The smallest absolute Gasteiger partial charge is 0.352 e. The van der Waals surface area contributed by atoms with Crippen LogP contribution in [0.2, 0.25) is 0 Å². The molecular formula is C13H12N4O2. The molecule has 2 heterocycles. The molecule has 1 aromatic carbocycles. The Bertz CT molecular complexity index is 892. The summed E-state index contributed by atoms with van der Waals surface area (Å²) in [7, 11) is 3.18. The molecule has 1 aromatic rings. The first-order chi connectivity index (χ1) is 8.99. The molecule has 6 nitrogen and oxygen atoms in total. The van der Waals surface area contributed by atoms with Gasteiger partial charge in [0.15, 0.2) is 5.82 Å². The summed E-state index contributed by atoms with van der Waals surface area (Å²) in [6.07, 6.45) is 0. The SMILES string of the molecule is Cn1c(=O)nc2n(C)c3cc(N)ccc3cc-2c1=O. The van der Waals surface area contributed by atoms with Crippen LogP contribution < -0.4 is 17.0 Å². The fraction of sp³-hybridized carbons (Fsp3) is 0.154. The molecule has 0 atom stereocenters. The van der Waals surface area contributed by atoms with Crippen LogP contribution in [0.15, 0.2) is 33.9 Å². The molecule has 3 rings (SSSR count). The number of benzene rings is 1. The van der Waals surface area contributed by atoms with Crippen molar-refractivity contribution in [1.29, 1.82) is 0 Å². The second-order valence-corrected chi connectivity index (χ2v) is 4.52. The Morgan fingerprint density at radius 1 is 1.11 bits per heavy atom. The minimum absolute atomic E-state index is 0.343. The van der Waals surface area contributed by atoms with E-state index < -0.39 is 5.69 Å². The maximum absolute atomic E-state index is 12.1. The molecule has 0 aromatic heterocycles. The number of pyridine rings is 1. The van der Waals surface area contributed by atoms with E-state index in [0.29, 0.717) is 17.1 Å². The molecule has 2 aliphatic heterocycles. The first kappa shape index (κ1) is 11.5. The molecule has 0 bridgehead atoms. The summed E-state index contributed by atoms with van der Waals surface area (Å²) in [6.45, 7) is 0. The van der Waals surface area contributed by atoms with Gasteiger partial charge in [0.1, 0.15) is 0 Å². The van der Waals surface area contributed by atoms with Gasteiger partial charge in [-0.15, -0.1) is 0 Å². The topological polar surface area (TPSA) is 82.9 Å². The van der Waals surface area contributed by atoms with Crippen LogP contribution in [0.3, 0.4) is 0 Å². The number of hydrogen-bond acceptors (Lipinski definition) is 4. The van der Waals surface area contributed by atoms with E-state index in [0.717, 1.165) is 15.5 Å². The molecular weight excluding hydrogens is 244 g/mol. The fourth-order valence-electron chi connectivity index (χ4n) is 2.21. The second kappa shape index (κ2) is 3.68. The van der Waals surface area contributed by atoms with E-state index in [-0.39, 0.29) is 5.56 Å². The highest BCUT2D eigenvalue weighted by molar-refractivity contribution is 5.87. The van der Waals surface area contributed by atoms with Crippen LogP contribution in [0.4, 0.5) is 5.69 Å². The van der Waals surface area contributed by atoms with Crippen LogP contribution in [-0.4, -0.2) is 14.1 Å². The van der Waals surface area contributed by atoms with Crippen LogP contribution in [0.1, 0.15) is 0 Å². The Morgan fingerprint density at radius 3 is 2.58 bits per heavy atom. The van der Waals surface area contributed by atoms with E-state index >= 15 is 0 Å². The molecule has 2 N–H and O–H groups in total. The number of rotatable bonds is 0. The van der Waals surface area contributed by atoms with Crippen molar-refractivity contribution in [3.63, 3.8) is 0 Å². The molecule has 0 saturated carbocycles. The van der Waals surface area contributed by atoms with Gasteiger partial charge in [-0.1, -0.05) is 6.07 Å². The van der Waals surface area contributed by atoms with Gasteiger partial charge in [-0.3, -0.25) is 9.36 Å². The van der Waals surface area contributed by atoms with Gasteiger partial charge in [-0.25, -0.2) is 4.79 Å². The average molecular weight is 256 g/mol. The minimum Gasteiger partial charge on any atom is -0.399 e. The number of nitrogens with zero attached hydrogens (tertiary/aromatic N) is 3. The molecule has 0 unspecified atom stereocenters. The van der Waals surface area contributed by atoms with Gasteiger partial charge in [0.2, 0.25) is 0 Å². The Kier molecular flexibility index (Phi) is 2.22. The lowest BCUT2D eigenvalue weighted by molar-refractivity contribution is 0.757. The molecule has 19 heavy (non-hydrogen) atoms. The molecule has 96 valence electrons. The number of hydrogen-bond donors (Lipinski definition) is 1. The van der Waals surface area contributed by atoms with Crippen molar-refractivity contribution >= 4 is 16.6 Å². The van der Waals surface area contributed by atoms with Gasteiger partial charge < -0.3 is 10.3 Å². The largest absolute Gasteiger partial charge is 0.399 e. The summed E-state index contributed by atoms with van der Waals surface area (Å²) < 4.78 is 2.72. The van der Waals surface area contributed by atoms with Crippen LogP contribution in [-0.2, 0) is 14.1 Å². The highest BCUT2D eigenvalue weighted by Crippen LogP contribution is 2.24. The number of nitrogens with two attached hydrogens (primary N) is 1. The molecule has 0 aliphatic carbocycles. The standard InChI is InChI=1S/C13H12N4O2/c1-16-10-6-8(14)4-3-7(10)5-9-11(16)15-13(19)17(2)12(9)18/h3-6H,14H2,1-2H3. The van der Waals surface area contributed by atoms with E-state index in [2.05, 4.69) is 4.98 Å². The predicted molar refractivity (Wildman–Crippen MR) is 73.3 cm³/mol. The number of aryl methyl sites for hydroxylation is 1. The highest BCUT2D eigenvalue weighted by atomic mass is 16.2. The molecule has 0 saturated heterocycles. The highest BCUT2D eigenvalue weighted by Gasteiger charge is 2.16. The maximum atomic E-state index is 12.1. The van der Waals surface area contributed by atoms with Gasteiger partial charge >= 0.3 is 5.69 Å². The molecule has 0 radical (unpaired) electrons. The van der Waals surface area contributed by atoms with Crippen molar-refractivity contribution in [1.82, 2.24) is 14.1 Å². The van der Waals surface area contributed by atoms with Crippen molar-refractivity contribution in [2.75, 3.05) is 5.73 Å². The molecule has 0 fully saturated rings. The van der Waals surface area contributed by atoms with Gasteiger partial charge in [0, 0.05) is 19.8 Å². The summed E-state index contributed by atoms with van der Waals surface area (Å²) in [5.41, 5.74) is 6.72. The predicted octanol–water partition coefficient (Wildman–Crippen LogP) is 0.319. The third-order valence-electron chi connectivity index (χ3n) is 3.30. The second-order valence-electron chi connectivity index (χ2n) is 4.52. The molecule has 0 spiro atoms. The van der Waals surface area contributed by atoms with Crippen molar-refractivity contribution in [3.05, 3.63) is 45.1 Å². The Labute approximate surface area is 108 Å². The zero-order valence-electron chi connectivity index (χ0n) is 10.5. The Morgan fingerprint density at radius 2 is 1.84 bits per heavy atom. The van der Waals surface area contributed by atoms with E-state index in [9.17, 15) is 9.59 Å². The lowest BCUT2D eigenvalue weighted by Crippen LogP contribution is -2.35. The summed E-state index contributed by atoms with van der Waals surface area (Å²) in [4.78, 5) is 27.7. The quantitative estimate of drug-likeness (QED) is 0.464. The monoisotopic (exact) mass is 256 g/mol. The minimum atomic E-state index is -0.559. The van der Waals surface area contributed by atoms with Crippen LogP contribution in [0.5, 0.6) is 0 Å². The van der Waals surface area contributed by atoms with E-state index in [1.165, 1.54) is 7.05 Å². The zero-order chi connectivity index (χ0) is 13.7. The van der Waals surface area contributed by atoms with Crippen molar-refractivity contribution in [2.24, 2.45) is 14.1 Å². The van der Waals surface area contributed by atoms with E-state index in [4.69, 9.17) is 5.73 Å². The van der Waals surface area contributed by atoms with Crippen LogP contribution in [0.25, 0.3) is 22.3 Å². The fourth-order valence-corrected chi connectivity index (χ4v) is 2.21. The first-order valence-electron chi connectivity index (χ1n) is 5.75. The summed E-state index contributed by atoms with van der Waals surface area (Å²) in [6, 6.07) is 7.14. The summed E-state index contributed by atoms with van der Waals surface area (Å²) >= 11 is 0. The van der Waals surface area contributed by atoms with Crippen molar-refractivity contribution < 1.29 is 0 Å². The number of anilines is 1. The van der Waals surface area contributed by atoms with Crippen molar-refractivity contribution in [2.45, 2.75) is 0 Å².